The van der Waals surface area contributed by atoms with Crippen molar-refractivity contribution in [1.82, 2.24) is 0 Å². The molecule has 27 heavy (non-hydrogen) atoms. The first-order valence-electron chi connectivity index (χ1n) is 9.15. The van der Waals surface area contributed by atoms with Gasteiger partial charge in [-0.2, -0.15) is 0 Å². The van der Waals surface area contributed by atoms with E-state index < -0.39 is 0 Å². The molecule has 0 heterocycles. The van der Waals surface area contributed by atoms with E-state index in [2.05, 4.69) is 10.6 Å². The molecular formula is C23H32N2O2. The minimum atomic E-state index is -0.345. The van der Waals surface area contributed by atoms with Crippen LogP contribution >= 0.6 is 0 Å². The number of hydrogen-bond donors (Lipinski definition) is 2. The van der Waals surface area contributed by atoms with Gasteiger partial charge in [0.15, 0.2) is 0 Å². The van der Waals surface area contributed by atoms with Crippen LogP contribution in [0.1, 0.15) is 47.1 Å². The molecule has 146 valence electrons. The van der Waals surface area contributed by atoms with Gasteiger partial charge in [0.1, 0.15) is 0 Å². The SMILES string of the molecule is CC(C)(C)C(=O)Nc1ccccc1.Cc1ccccc1NC(=O)C(C)(C)C. The third kappa shape index (κ3) is 8.07. The highest BCUT2D eigenvalue weighted by molar-refractivity contribution is 5.95. The lowest BCUT2D eigenvalue weighted by Gasteiger charge is -2.18. The molecule has 4 nitrogen and oxygen atoms in total. The van der Waals surface area contributed by atoms with Crippen LogP contribution in [0.5, 0.6) is 0 Å². The van der Waals surface area contributed by atoms with E-state index in [1.54, 1.807) is 0 Å². The van der Waals surface area contributed by atoms with Crippen molar-refractivity contribution in [1.29, 1.82) is 0 Å². The molecule has 2 rings (SSSR count). The number of nitrogens with one attached hydrogen (secondary N) is 2. The highest BCUT2D eigenvalue weighted by Crippen LogP contribution is 2.19. The second-order valence-corrected chi connectivity index (χ2v) is 8.59. The van der Waals surface area contributed by atoms with E-state index in [0.717, 1.165) is 16.9 Å². The standard InChI is InChI=1S/C12H17NO.C11H15NO/c1-9-7-5-6-8-10(9)13-11(14)12(2,3)4;1-11(2,3)10(13)12-9-7-5-4-6-8-9/h5-8H,1-4H3,(H,13,14);4-8H,1-3H3,(H,12,13). The largest absolute Gasteiger partial charge is 0.326 e. The third-order valence-electron chi connectivity index (χ3n) is 3.79. The van der Waals surface area contributed by atoms with Gasteiger partial charge in [0.25, 0.3) is 0 Å². The van der Waals surface area contributed by atoms with Crippen molar-refractivity contribution in [3.8, 4) is 0 Å². The summed E-state index contributed by atoms with van der Waals surface area (Å²) < 4.78 is 0. The lowest BCUT2D eigenvalue weighted by Crippen LogP contribution is -2.27. The molecule has 0 aliphatic heterocycles. The van der Waals surface area contributed by atoms with Gasteiger partial charge in [-0.15, -0.1) is 0 Å². The van der Waals surface area contributed by atoms with Gasteiger partial charge < -0.3 is 10.6 Å². The summed E-state index contributed by atoms with van der Waals surface area (Å²) in [6, 6.07) is 17.3. The Morgan fingerprint density at radius 2 is 1.11 bits per heavy atom. The molecule has 2 aromatic rings. The lowest BCUT2D eigenvalue weighted by atomic mass is 9.95. The first kappa shape index (κ1) is 22.4. The molecule has 0 aromatic heterocycles. The molecule has 0 radical (unpaired) electrons. The number of anilines is 2. The number of carbonyl (C=O) groups is 2. The zero-order chi connectivity index (χ0) is 20.7. The minimum absolute atomic E-state index is 0.0405. The van der Waals surface area contributed by atoms with Gasteiger partial charge in [-0.25, -0.2) is 0 Å². The summed E-state index contributed by atoms with van der Waals surface area (Å²) in [5.41, 5.74) is 2.15. The molecule has 0 aliphatic carbocycles. The highest BCUT2D eigenvalue weighted by Gasteiger charge is 2.21. The van der Waals surface area contributed by atoms with E-state index in [4.69, 9.17) is 0 Å². The van der Waals surface area contributed by atoms with E-state index in [1.807, 2.05) is 103 Å². The van der Waals surface area contributed by atoms with Crippen molar-refractivity contribution < 1.29 is 9.59 Å². The van der Waals surface area contributed by atoms with Crippen LogP contribution in [0.2, 0.25) is 0 Å². The number of para-hydroxylation sites is 2. The summed E-state index contributed by atoms with van der Waals surface area (Å²) in [4.78, 5) is 23.2. The van der Waals surface area contributed by atoms with Crippen LogP contribution in [0.4, 0.5) is 11.4 Å². The molecule has 0 saturated heterocycles. The molecule has 4 heteroatoms. The van der Waals surface area contributed by atoms with Gasteiger partial charge in [0.2, 0.25) is 11.8 Å². The summed E-state index contributed by atoms with van der Waals surface area (Å²) in [5.74, 6) is 0.0884. The highest BCUT2D eigenvalue weighted by atomic mass is 16.2. The maximum absolute atomic E-state index is 11.7. The predicted octanol–water partition coefficient (Wildman–Crippen LogP) is 5.65. The number of carbonyl (C=O) groups excluding carboxylic acids is 2. The van der Waals surface area contributed by atoms with Gasteiger partial charge >= 0.3 is 0 Å². The summed E-state index contributed by atoms with van der Waals surface area (Å²) >= 11 is 0. The molecule has 2 aromatic carbocycles. The Balaban J connectivity index is 0.000000271. The second kappa shape index (κ2) is 9.36. The van der Waals surface area contributed by atoms with E-state index in [1.165, 1.54) is 0 Å². The molecule has 0 spiro atoms. The molecular weight excluding hydrogens is 336 g/mol. The number of amides is 2. The number of benzene rings is 2. The fourth-order valence-electron chi connectivity index (χ4n) is 1.86. The van der Waals surface area contributed by atoms with Crippen molar-refractivity contribution in [3.63, 3.8) is 0 Å². The molecule has 0 saturated carbocycles. The van der Waals surface area contributed by atoms with Crippen molar-refractivity contribution in [2.45, 2.75) is 48.5 Å². The Morgan fingerprint density at radius 3 is 1.59 bits per heavy atom. The Morgan fingerprint density at radius 1 is 0.667 bits per heavy atom. The molecule has 2 amide bonds. The molecule has 0 bridgehead atoms. The zero-order valence-corrected chi connectivity index (χ0v) is 17.5. The van der Waals surface area contributed by atoms with Crippen LogP contribution in [0.15, 0.2) is 54.6 Å². The van der Waals surface area contributed by atoms with Gasteiger partial charge in [0.05, 0.1) is 0 Å². The van der Waals surface area contributed by atoms with E-state index in [-0.39, 0.29) is 22.6 Å². The normalized spacial score (nSPS) is 11.1. The van der Waals surface area contributed by atoms with Crippen molar-refractivity contribution in [2.24, 2.45) is 10.8 Å². The zero-order valence-electron chi connectivity index (χ0n) is 17.5. The van der Waals surface area contributed by atoms with Crippen molar-refractivity contribution in [3.05, 3.63) is 60.2 Å². The van der Waals surface area contributed by atoms with Gasteiger partial charge in [-0.05, 0) is 30.7 Å². The predicted molar refractivity (Wildman–Crippen MR) is 114 cm³/mol. The van der Waals surface area contributed by atoms with Crippen LogP contribution in [0.3, 0.4) is 0 Å². The van der Waals surface area contributed by atoms with Crippen LogP contribution in [-0.4, -0.2) is 11.8 Å². The first-order valence-corrected chi connectivity index (χ1v) is 9.15. The van der Waals surface area contributed by atoms with Crippen LogP contribution in [-0.2, 0) is 9.59 Å². The average Bonchev–Trinajstić information content (AvgIpc) is 2.57. The third-order valence-corrected chi connectivity index (χ3v) is 3.79. The molecule has 0 aliphatic rings. The van der Waals surface area contributed by atoms with Gasteiger partial charge in [-0.3, -0.25) is 9.59 Å². The smallest absolute Gasteiger partial charge is 0.229 e. The summed E-state index contributed by atoms with van der Waals surface area (Å²) in [6.07, 6.45) is 0. The molecule has 0 unspecified atom stereocenters. The monoisotopic (exact) mass is 368 g/mol. The Labute approximate surface area is 163 Å². The van der Waals surface area contributed by atoms with Crippen molar-refractivity contribution >= 4 is 23.2 Å². The first-order chi connectivity index (χ1) is 12.4. The maximum atomic E-state index is 11.7. The van der Waals surface area contributed by atoms with E-state index in [9.17, 15) is 9.59 Å². The van der Waals surface area contributed by atoms with Gasteiger partial charge in [0, 0.05) is 22.2 Å². The minimum Gasteiger partial charge on any atom is -0.326 e. The summed E-state index contributed by atoms with van der Waals surface area (Å²) in [6.45, 7) is 13.4. The quantitative estimate of drug-likeness (QED) is 0.719. The van der Waals surface area contributed by atoms with E-state index in [0.29, 0.717) is 0 Å². The summed E-state index contributed by atoms with van der Waals surface area (Å²) in [7, 11) is 0. The topological polar surface area (TPSA) is 58.2 Å². The average molecular weight is 369 g/mol. The Kier molecular flexibility index (Phi) is 7.77. The number of hydrogen-bond acceptors (Lipinski definition) is 2. The maximum Gasteiger partial charge on any atom is 0.229 e. The van der Waals surface area contributed by atoms with E-state index >= 15 is 0 Å². The summed E-state index contributed by atoms with van der Waals surface area (Å²) in [5, 5.41) is 5.75. The molecule has 0 fully saturated rings. The van der Waals surface area contributed by atoms with Crippen molar-refractivity contribution in [2.75, 3.05) is 10.6 Å². The Bertz CT molecular complexity index is 754. The molecule has 2 N–H and O–H groups in total. The molecule has 0 atom stereocenters. The fourth-order valence-corrected chi connectivity index (χ4v) is 1.86. The van der Waals surface area contributed by atoms with Gasteiger partial charge in [-0.1, -0.05) is 77.9 Å². The second-order valence-electron chi connectivity index (χ2n) is 8.59. The fraction of sp³-hybridized carbons (Fsp3) is 0.391. The number of rotatable bonds is 2. The van der Waals surface area contributed by atoms with Crippen LogP contribution < -0.4 is 10.6 Å². The number of aryl methyl sites for hydroxylation is 1. The Hall–Kier alpha value is -2.62. The van der Waals surface area contributed by atoms with Crippen LogP contribution in [0.25, 0.3) is 0 Å². The lowest BCUT2D eigenvalue weighted by molar-refractivity contribution is -0.123. The van der Waals surface area contributed by atoms with Crippen LogP contribution in [0, 0.1) is 17.8 Å².